The Morgan fingerprint density at radius 1 is 1.26 bits per heavy atom. The second kappa shape index (κ2) is 6.75. The predicted molar refractivity (Wildman–Crippen MR) is 87.2 cm³/mol. The van der Waals surface area contributed by atoms with Gasteiger partial charge < -0.3 is 5.32 Å². The number of H-pyrrole nitrogens is 1. The van der Waals surface area contributed by atoms with E-state index in [1.54, 1.807) is 18.3 Å². The Kier molecular flexibility index (Phi) is 4.52. The fourth-order valence-electron chi connectivity index (χ4n) is 2.51. The molecule has 120 valence electrons. The molecule has 0 bridgehead atoms. The average molecular weight is 313 g/mol. The van der Waals surface area contributed by atoms with Crippen molar-refractivity contribution in [2.45, 2.75) is 33.0 Å². The van der Waals surface area contributed by atoms with Gasteiger partial charge in [-0.15, -0.1) is 0 Å². The van der Waals surface area contributed by atoms with Gasteiger partial charge >= 0.3 is 0 Å². The fourth-order valence-corrected chi connectivity index (χ4v) is 2.51. The summed E-state index contributed by atoms with van der Waals surface area (Å²) in [5.41, 5.74) is 4.06. The molecule has 3 rings (SSSR count). The Bertz CT molecular complexity index is 759. The molecule has 0 amide bonds. The maximum absolute atomic E-state index is 13.0. The zero-order chi connectivity index (χ0) is 16.2. The molecule has 0 saturated heterocycles. The lowest BCUT2D eigenvalue weighted by Gasteiger charge is -2.14. The highest BCUT2D eigenvalue weighted by atomic mass is 19.1. The van der Waals surface area contributed by atoms with Crippen LogP contribution in [0.5, 0.6) is 0 Å². The smallest absolute Gasteiger partial charge is 0.123 e. The highest BCUT2D eigenvalue weighted by molar-refractivity contribution is 5.62. The molecule has 0 spiro atoms. The molecule has 0 aliphatic carbocycles. The number of aryl methyl sites for hydroxylation is 1. The molecule has 1 atom stereocenters. The zero-order valence-electron chi connectivity index (χ0n) is 13.3. The van der Waals surface area contributed by atoms with Crippen molar-refractivity contribution >= 4 is 0 Å². The van der Waals surface area contributed by atoms with Crippen molar-refractivity contribution in [2.24, 2.45) is 0 Å². The van der Waals surface area contributed by atoms with Gasteiger partial charge in [-0.2, -0.15) is 10.2 Å². The SMILES string of the molecule is Cc1cnn(C[C@H](C)NCc2cn[nH]c2-c2ccc(F)cc2)c1. The Morgan fingerprint density at radius 2 is 2.04 bits per heavy atom. The van der Waals surface area contributed by atoms with Gasteiger partial charge in [0.25, 0.3) is 0 Å². The van der Waals surface area contributed by atoms with Gasteiger partial charge in [-0.3, -0.25) is 9.78 Å². The van der Waals surface area contributed by atoms with E-state index in [-0.39, 0.29) is 11.9 Å². The van der Waals surface area contributed by atoms with Crippen LogP contribution in [0.4, 0.5) is 4.39 Å². The highest BCUT2D eigenvalue weighted by Crippen LogP contribution is 2.21. The van der Waals surface area contributed by atoms with E-state index in [0.717, 1.165) is 28.9 Å². The van der Waals surface area contributed by atoms with Gasteiger partial charge in [0.05, 0.1) is 24.6 Å². The molecule has 1 aromatic carbocycles. The molecule has 6 heteroatoms. The third kappa shape index (κ3) is 3.84. The van der Waals surface area contributed by atoms with Crippen LogP contribution in [0.15, 0.2) is 42.9 Å². The fraction of sp³-hybridized carbons (Fsp3) is 0.294. The maximum Gasteiger partial charge on any atom is 0.123 e. The van der Waals surface area contributed by atoms with E-state index in [9.17, 15) is 4.39 Å². The molecule has 5 nitrogen and oxygen atoms in total. The Balaban J connectivity index is 1.62. The van der Waals surface area contributed by atoms with E-state index in [2.05, 4.69) is 27.5 Å². The van der Waals surface area contributed by atoms with E-state index >= 15 is 0 Å². The number of aromatic nitrogens is 4. The molecule has 2 aromatic heterocycles. The molecule has 0 saturated carbocycles. The first-order chi connectivity index (χ1) is 11.1. The van der Waals surface area contributed by atoms with Crippen LogP contribution in [0.3, 0.4) is 0 Å². The second-order valence-electron chi connectivity index (χ2n) is 5.80. The van der Waals surface area contributed by atoms with Crippen LogP contribution in [-0.4, -0.2) is 26.0 Å². The number of rotatable bonds is 6. The molecule has 0 aliphatic heterocycles. The Labute approximate surface area is 134 Å². The van der Waals surface area contributed by atoms with Crippen molar-refractivity contribution in [1.29, 1.82) is 0 Å². The number of hydrogen-bond acceptors (Lipinski definition) is 3. The van der Waals surface area contributed by atoms with Crippen molar-refractivity contribution in [3.63, 3.8) is 0 Å². The van der Waals surface area contributed by atoms with Gasteiger partial charge in [0, 0.05) is 29.9 Å². The first kappa shape index (κ1) is 15.4. The minimum absolute atomic E-state index is 0.240. The normalized spacial score (nSPS) is 12.5. The van der Waals surface area contributed by atoms with Crippen LogP contribution < -0.4 is 5.32 Å². The van der Waals surface area contributed by atoms with Gasteiger partial charge in [-0.25, -0.2) is 4.39 Å². The van der Waals surface area contributed by atoms with E-state index in [0.29, 0.717) is 6.54 Å². The predicted octanol–water partition coefficient (Wildman–Crippen LogP) is 2.90. The van der Waals surface area contributed by atoms with Crippen molar-refractivity contribution in [2.75, 3.05) is 0 Å². The van der Waals surface area contributed by atoms with Crippen LogP contribution in [0.2, 0.25) is 0 Å². The van der Waals surface area contributed by atoms with Gasteiger partial charge in [0.2, 0.25) is 0 Å². The van der Waals surface area contributed by atoms with E-state index in [4.69, 9.17) is 0 Å². The van der Waals surface area contributed by atoms with Gasteiger partial charge in [-0.05, 0) is 43.7 Å². The first-order valence-corrected chi connectivity index (χ1v) is 7.62. The summed E-state index contributed by atoms with van der Waals surface area (Å²) in [4.78, 5) is 0. The summed E-state index contributed by atoms with van der Waals surface area (Å²) < 4.78 is 15.0. The molecule has 2 heterocycles. The van der Waals surface area contributed by atoms with Crippen LogP contribution in [0, 0.1) is 12.7 Å². The lowest BCUT2D eigenvalue weighted by Crippen LogP contribution is -2.30. The molecule has 23 heavy (non-hydrogen) atoms. The largest absolute Gasteiger partial charge is 0.308 e. The molecular formula is C17H20FN5. The van der Waals surface area contributed by atoms with E-state index < -0.39 is 0 Å². The lowest BCUT2D eigenvalue weighted by molar-refractivity contribution is 0.451. The Morgan fingerprint density at radius 3 is 2.74 bits per heavy atom. The van der Waals surface area contributed by atoms with E-state index in [1.807, 2.05) is 24.0 Å². The van der Waals surface area contributed by atoms with Gasteiger partial charge in [-0.1, -0.05) is 0 Å². The van der Waals surface area contributed by atoms with Crippen molar-refractivity contribution in [1.82, 2.24) is 25.3 Å². The third-order valence-corrected chi connectivity index (χ3v) is 3.71. The summed E-state index contributed by atoms with van der Waals surface area (Å²) >= 11 is 0. The van der Waals surface area contributed by atoms with E-state index in [1.165, 1.54) is 12.1 Å². The summed E-state index contributed by atoms with van der Waals surface area (Å²) in [7, 11) is 0. The summed E-state index contributed by atoms with van der Waals surface area (Å²) in [6.07, 6.45) is 5.69. The molecule has 2 N–H and O–H groups in total. The van der Waals surface area contributed by atoms with Crippen molar-refractivity contribution < 1.29 is 4.39 Å². The van der Waals surface area contributed by atoms with Crippen molar-refractivity contribution in [3.8, 4) is 11.3 Å². The molecule has 3 aromatic rings. The molecule has 0 fully saturated rings. The second-order valence-corrected chi connectivity index (χ2v) is 5.80. The summed E-state index contributed by atoms with van der Waals surface area (Å²) in [6.45, 7) is 5.64. The molecule has 0 unspecified atom stereocenters. The maximum atomic E-state index is 13.0. The summed E-state index contributed by atoms with van der Waals surface area (Å²) in [5.74, 6) is -0.240. The van der Waals surface area contributed by atoms with Crippen LogP contribution >= 0.6 is 0 Å². The number of benzene rings is 1. The number of nitrogens with one attached hydrogen (secondary N) is 2. The minimum atomic E-state index is -0.240. The van der Waals surface area contributed by atoms with Crippen LogP contribution in [-0.2, 0) is 13.1 Å². The van der Waals surface area contributed by atoms with Crippen molar-refractivity contribution in [3.05, 3.63) is 59.8 Å². The topological polar surface area (TPSA) is 58.5 Å². The minimum Gasteiger partial charge on any atom is -0.308 e. The summed E-state index contributed by atoms with van der Waals surface area (Å²) in [5, 5.41) is 14.9. The molecular weight excluding hydrogens is 293 g/mol. The number of halogens is 1. The first-order valence-electron chi connectivity index (χ1n) is 7.62. The zero-order valence-corrected chi connectivity index (χ0v) is 13.3. The number of nitrogens with zero attached hydrogens (tertiary/aromatic N) is 3. The monoisotopic (exact) mass is 313 g/mol. The number of hydrogen-bond donors (Lipinski definition) is 2. The lowest BCUT2D eigenvalue weighted by atomic mass is 10.1. The third-order valence-electron chi connectivity index (χ3n) is 3.71. The number of aromatic amines is 1. The summed E-state index contributed by atoms with van der Waals surface area (Å²) in [6, 6.07) is 6.68. The van der Waals surface area contributed by atoms with Gasteiger partial charge in [0.1, 0.15) is 5.82 Å². The standard InChI is InChI=1S/C17H20FN5/c1-12-7-21-23(10-12)11-13(2)19-8-15-9-20-22-17(15)14-3-5-16(18)6-4-14/h3-7,9-10,13,19H,8,11H2,1-2H3,(H,20,22)/t13-/m0/s1. The Hall–Kier alpha value is -2.47. The van der Waals surface area contributed by atoms with Crippen LogP contribution in [0.25, 0.3) is 11.3 Å². The molecule has 0 aliphatic rings. The molecule has 0 radical (unpaired) electrons. The quantitative estimate of drug-likeness (QED) is 0.735. The average Bonchev–Trinajstić information content (AvgIpc) is 3.15. The van der Waals surface area contributed by atoms with Gasteiger partial charge in [0.15, 0.2) is 0 Å². The highest BCUT2D eigenvalue weighted by Gasteiger charge is 2.10. The van der Waals surface area contributed by atoms with Crippen LogP contribution in [0.1, 0.15) is 18.1 Å².